The molecule has 10 heteroatoms. The lowest BCUT2D eigenvalue weighted by Crippen LogP contribution is -2.53. The third-order valence-corrected chi connectivity index (χ3v) is 9.66. The summed E-state index contributed by atoms with van der Waals surface area (Å²) in [5, 5.41) is 0.748. The summed E-state index contributed by atoms with van der Waals surface area (Å²) in [6, 6.07) is 0.819. The fourth-order valence-electron chi connectivity index (χ4n) is 7.31. The van der Waals surface area contributed by atoms with Gasteiger partial charge in [-0.1, -0.05) is 0 Å². The Kier molecular flexibility index (Phi) is 5.28. The number of likely N-dealkylation sites (tertiary alicyclic amines) is 1. The van der Waals surface area contributed by atoms with E-state index in [9.17, 15) is 4.39 Å². The molecule has 2 aromatic rings. The highest BCUT2D eigenvalue weighted by Crippen LogP contribution is 2.45. The number of likely N-dealkylation sites (N-methyl/N-ethyl adjacent to an activating group) is 1. The van der Waals surface area contributed by atoms with Crippen LogP contribution in [0.15, 0.2) is 4.47 Å². The summed E-state index contributed by atoms with van der Waals surface area (Å²) in [5.74, 6) is 0.360. The van der Waals surface area contributed by atoms with Crippen molar-refractivity contribution in [1.29, 1.82) is 0 Å². The van der Waals surface area contributed by atoms with E-state index >= 15 is 4.39 Å². The quantitative estimate of drug-likeness (QED) is 0.574. The summed E-state index contributed by atoms with van der Waals surface area (Å²) in [7, 11) is 2.16. The van der Waals surface area contributed by atoms with Gasteiger partial charge in [-0.25, -0.2) is 8.78 Å². The Balaban J connectivity index is 1.34. The van der Waals surface area contributed by atoms with Crippen molar-refractivity contribution in [2.45, 2.75) is 69.1 Å². The lowest BCUT2D eigenvalue weighted by molar-refractivity contribution is 0.107. The van der Waals surface area contributed by atoms with E-state index < -0.39 is 12.0 Å². The van der Waals surface area contributed by atoms with Gasteiger partial charge in [0.25, 0.3) is 0 Å². The summed E-state index contributed by atoms with van der Waals surface area (Å²) in [6.07, 6.45) is 3.76. The largest absolute Gasteiger partial charge is 0.461 e. The Hall–Kier alpha value is -1.62. The highest BCUT2D eigenvalue weighted by Gasteiger charge is 2.49. The Morgan fingerprint density at radius 3 is 2.71 bits per heavy atom. The lowest BCUT2D eigenvalue weighted by Gasteiger charge is -2.41. The molecule has 0 spiro atoms. The van der Waals surface area contributed by atoms with Crippen LogP contribution in [-0.2, 0) is 18.0 Å². The van der Waals surface area contributed by atoms with Crippen LogP contribution < -0.4 is 9.64 Å². The molecule has 2 unspecified atom stereocenters. The van der Waals surface area contributed by atoms with Gasteiger partial charge in [0.1, 0.15) is 24.1 Å². The molecule has 1 aromatic heterocycles. The summed E-state index contributed by atoms with van der Waals surface area (Å²) in [5.41, 5.74) is 1.77. The van der Waals surface area contributed by atoms with Gasteiger partial charge in [0.05, 0.1) is 28.6 Å². The van der Waals surface area contributed by atoms with Crippen molar-refractivity contribution < 1.29 is 18.3 Å². The molecule has 0 saturated carbocycles. The van der Waals surface area contributed by atoms with E-state index in [1.165, 1.54) is 0 Å². The first-order chi connectivity index (χ1) is 16.9. The van der Waals surface area contributed by atoms with E-state index in [4.69, 9.17) is 14.5 Å². The second-order valence-electron chi connectivity index (χ2n) is 11.0. The third-order valence-electron chi connectivity index (χ3n) is 8.83. The molecule has 1 aromatic carbocycles. The highest BCUT2D eigenvalue weighted by atomic mass is 79.9. The van der Waals surface area contributed by atoms with Crippen molar-refractivity contribution in [1.82, 2.24) is 19.8 Å². The number of piperazine rings is 1. The lowest BCUT2D eigenvalue weighted by atomic mass is 9.95. The maximum Gasteiger partial charge on any atom is 0.319 e. The van der Waals surface area contributed by atoms with Crippen LogP contribution in [0.4, 0.5) is 14.6 Å². The Labute approximate surface area is 211 Å². The van der Waals surface area contributed by atoms with Crippen molar-refractivity contribution in [3.05, 3.63) is 21.4 Å². The van der Waals surface area contributed by atoms with Gasteiger partial charge in [0, 0.05) is 43.7 Å². The van der Waals surface area contributed by atoms with Gasteiger partial charge in [-0.2, -0.15) is 9.97 Å². The average Bonchev–Trinajstić information content (AvgIpc) is 3.58. The van der Waals surface area contributed by atoms with E-state index in [2.05, 4.69) is 42.7 Å². The molecule has 5 aliphatic heterocycles. The smallest absolute Gasteiger partial charge is 0.319 e. The molecule has 0 N–H and O–H groups in total. The van der Waals surface area contributed by atoms with Crippen LogP contribution in [0.5, 0.6) is 6.01 Å². The Bertz CT molecular complexity index is 1190. The van der Waals surface area contributed by atoms with Crippen LogP contribution >= 0.6 is 15.9 Å². The molecule has 4 fully saturated rings. The first kappa shape index (κ1) is 22.6. The van der Waals surface area contributed by atoms with E-state index in [0.29, 0.717) is 49.3 Å². The number of halogens is 3. The SMILES string of the molecule is CN1CC2CCC(C1)N2c1nc(OC[C@@]23CCCN2C[C@H](F)C3)nc2c(F)c(Br)c3c(c12)COC3. The van der Waals surface area contributed by atoms with Gasteiger partial charge < -0.3 is 19.3 Å². The van der Waals surface area contributed by atoms with Crippen LogP contribution in [0.3, 0.4) is 0 Å². The first-order valence-electron chi connectivity index (χ1n) is 12.7. The normalized spacial score (nSPS) is 32.6. The molecule has 0 radical (unpaired) electrons. The number of ether oxygens (including phenoxy) is 2. The molecule has 6 heterocycles. The maximum absolute atomic E-state index is 15.7. The number of hydrogen-bond acceptors (Lipinski definition) is 7. The first-order valence-corrected chi connectivity index (χ1v) is 13.5. The third kappa shape index (κ3) is 3.43. The van der Waals surface area contributed by atoms with Crippen molar-refractivity contribution in [3.8, 4) is 6.01 Å². The molecule has 0 amide bonds. The summed E-state index contributed by atoms with van der Waals surface area (Å²) >= 11 is 3.45. The molecule has 35 heavy (non-hydrogen) atoms. The predicted molar refractivity (Wildman–Crippen MR) is 131 cm³/mol. The number of anilines is 1. The number of fused-ring (bicyclic) bond motifs is 6. The fraction of sp³-hybridized carbons (Fsp3) is 0.680. The molecule has 188 valence electrons. The zero-order valence-electron chi connectivity index (χ0n) is 19.9. The average molecular weight is 550 g/mol. The minimum atomic E-state index is -0.830. The number of hydrogen-bond donors (Lipinski definition) is 0. The zero-order chi connectivity index (χ0) is 23.9. The van der Waals surface area contributed by atoms with Crippen LogP contribution in [0.25, 0.3) is 10.9 Å². The standard InChI is InChI=1S/C25H30BrF2N5O2/c1-31-9-15-3-4-16(10-31)33(15)23-19-17-11-34-12-18(17)20(26)21(28)22(19)29-24(30-23)35-13-25-5-2-6-32(25)8-14(27)7-25/h14-16H,2-13H2,1H3/t14-,15?,16?,25+/m1/s1. The van der Waals surface area contributed by atoms with E-state index in [1.54, 1.807) is 0 Å². The number of nitrogens with zero attached hydrogens (tertiary/aromatic N) is 5. The van der Waals surface area contributed by atoms with Crippen molar-refractivity contribution >= 4 is 32.7 Å². The second kappa shape index (κ2) is 8.19. The van der Waals surface area contributed by atoms with Gasteiger partial charge in [-0.15, -0.1) is 0 Å². The Morgan fingerprint density at radius 1 is 1.14 bits per heavy atom. The summed E-state index contributed by atoms with van der Waals surface area (Å²) < 4.78 is 42.4. The fourth-order valence-corrected chi connectivity index (χ4v) is 7.85. The molecule has 4 atom stereocenters. The van der Waals surface area contributed by atoms with E-state index in [1.807, 2.05) is 0 Å². The molecular weight excluding hydrogens is 520 g/mol. The van der Waals surface area contributed by atoms with Gasteiger partial charge in [0.15, 0.2) is 5.82 Å². The molecule has 7 nitrogen and oxygen atoms in total. The minimum Gasteiger partial charge on any atom is -0.461 e. The maximum atomic E-state index is 15.7. The van der Waals surface area contributed by atoms with Crippen LogP contribution in [0.1, 0.15) is 43.2 Å². The van der Waals surface area contributed by atoms with Crippen LogP contribution in [0, 0.1) is 5.82 Å². The van der Waals surface area contributed by atoms with Gasteiger partial charge in [-0.05, 0) is 60.8 Å². The number of benzene rings is 1. The molecule has 0 aliphatic carbocycles. The summed E-state index contributed by atoms with van der Waals surface area (Å²) in [4.78, 5) is 16.5. The van der Waals surface area contributed by atoms with E-state index in [0.717, 1.165) is 67.6 Å². The predicted octanol–water partition coefficient (Wildman–Crippen LogP) is 3.80. The molecule has 4 saturated heterocycles. The van der Waals surface area contributed by atoms with Gasteiger partial charge >= 0.3 is 6.01 Å². The minimum absolute atomic E-state index is 0.180. The summed E-state index contributed by atoms with van der Waals surface area (Å²) in [6.45, 7) is 4.37. The van der Waals surface area contributed by atoms with Crippen molar-refractivity contribution in [2.75, 3.05) is 44.7 Å². The second-order valence-corrected chi connectivity index (χ2v) is 11.8. The molecule has 7 rings (SSSR count). The van der Waals surface area contributed by atoms with Gasteiger partial charge in [0.2, 0.25) is 0 Å². The van der Waals surface area contributed by atoms with Crippen molar-refractivity contribution in [2.24, 2.45) is 0 Å². The van der Waals surface area contributed by atoms with Crippen LogP contribution in [-0.4, -0.2) is 83.4 Å². The molecule has 2 bridgehead atoms. The van der Waals surface area contributed by atoms with Gasteiger partial charge in [-0.3, -0.25) is 4.90 Å². The van der Waals surface area contributed by atoms with Crippen molar-refractivity contribution in [3.63, 3.8) is 0 Å². The Morgan fingerprint density at radius 2 is 1.91 bits per heavy atom. The molecule has 5 aliphatic rings. The zero-order valence-corrected chi connectivity index (χ0v) is 21.5. The number of rotatable bonds is 4. The molecular formula is C25H30BrF2N5O2. The number of alkyl halides is 1. The topological polar surface area (TPSA) is 54.0 Å². The monoisotopic (exact) mass is 549 g/mol. The number of aromatic nitrogens is 2. The highest BCUT2D eigenvalue weighted by molar-refractivity contribution is 9.10. The van der Waals surface area contributed by atoms with Crippen LogP contribution in [0.2, 0.25) is 0 Å². The van der Waals surface area contributed by atoms with E-state index in [-0.39, 0.29) is 17.1 Å².